The molecular formula is C21H18BrClN2O3S. The maximum absolute atomic E-state index is 12.5. The van der Waals surface area contributed by atoms with Gasteiger partial charge in [0, 0.05) is 20.7 Å². The van der Waals surface area contributed by atoms with Gasteiger partial charge in [0.25, 0.3) is 5.91 Å². The fourth-order valence-electron chi connectivity index (χ4n) is 2.75. The summed E-state index contributed by atoms with van der Waals surface area (Å²) in [6.07, 6.45) is 7.08. The number of halogens is 2. The summed E-state index contributed by atoms with van der Waals surface area (Å²) in [5.41, 5.74) is 2.27. The van der Waals surface area contributed by atoms with Crippen molar-refractivity contribution in [1.29, 1.82) is 0 Å². The first-order valence-electron chi connectivity index (χ1n) is 8.57. The van der Waals surface area contributed by atoms with Crippen LogP contribution in [-0.2, 0) is 4.79 Å². The minimum absolute atomic E-state index is 0.0908. The third kappa shape index (κ3) is 5.21. The number of carbonyl (C=O) groups excluding carboxylic acids is 1. The third-order valence-electron chi connectivity index (χ3n) is 4.06. The Morgan fingerprint density at radius 2 is 2.21 bits per heavy atom. The molecule has 1 atom stereocenters. The monoisotopic (exact) mass is 492 g/mol. The molecule has 0 aromatic heterocycles. The molecule has 5 nitrogen and oxygen atoms in total. The minimum Gasteiger partial charge on any atom is -0.493 e. The fraction of sp³-hybridized carbons (Fsp3) is 0.190. The first kappa shape index (κ1) is 21.4. The van der Waals surface area contributed by atoms with Gasteiger partial charge in [0.15, 0.2) is 17.0 Å². The Balaban J connectivity index is 1.86. The Morgan fingerprint density at radius 3 is 2.90 bits per heavy atom. The van der Waals surface area contributed by atoms with E-state index < -0.39 is 0 Å². The number of hydrogen-bond donors (Lipinski definition) is 2. The second kappa shape index (κ2) is 9.49. The zero-order valence-corrected chi connectivity index (χ0v) is 18.9. The maximum atomic E-state index is 12.5. The molecule has 8 heteroatoms. The Hall–Kier alpha value is -2.27. The van der Waals surface area contributed by atoms with Gasteiger partial charge in [0.2, 0.25) is 0 Å². The standard InChI is InChI=1S/C21H18BrClN2O3S/c1-4-7-28-19-13(9-14(22)11-17(19)27-3)10-18-20(26)25-21(29-18)24-16-6-5-15(23)8-12(16)2/h1,5-6,8-11,21,24H,7H2,2-3H3,(H,25,26)/b18-10-. The number of benzene rings is 2. The summed E-state index contributed by atoms with van der Waals surface area (Å²) < 4.78 is 11.9. The van der Waals surface area contributed by atoms with Crippen molar-refractivity contribution in [3.8, 4) is 23.8 Å². The molecule has 29 heavy (non-hydrogen) atoms. The van der Waals surface area contributed by atoms with Crippen molar-refractivity contribution in [2.45, 2.75) is 12.4 Å². The quantitative estimate of drug-likeness (QED) is 0.436. The lowest BCUT2D eigenvalue weighted by molar-refractivity contribution is -0.116. The van der Waals surface area contributed by atoms with E-state index in [0.717, 1.165) is 15.7 Å². The lowest BCUT2D eigenvalue weighted by Gasteiger charge is -2.15. The van der Waals surface area contributed by atoms with Crippen molar-refractivity contribution >= 4 is 57.0 Å². The van der Waals surface area contributed by atoms with E-state index in [4.69, 9.17) is 27.5 Å². The van der Waals surface area contributed by atoms with E-state index in [1.165, 1.54) is 11.8 Å². The van der Waals surface area contributed by atoms with Gasteiger partial charge in [0.05, 0.1) is 12.0 Å². The van der Waals surface area contributed by atoms with E-state index in [-0.39, 0.29) is 18.0 Å². The molecule has 0 aliphatic carbocycles. The molecule has 2 N–H and O–H groups in total. The van der Waals surface area contributed by atoms with Gasteiger partial charge in [-0.1, -0.05) is 45.2 Å². The van der Waals surface area contributed by atoms with Crippen molar-refractivity contribution < 1.29 is 14.3 Å². The highest BCUT2D eigenvalue weighted by atomic mass is 79.9. The average molecular weight is 494 g/mol. The lowest BCUT2D eigenvalue weighted by Crippen LogP contribution is -2.31. The van der Waals surface area contributed by atoms with E-state index in [1.807, 2.05) is 25.1 Å². The summed E-state index contributed by atoms with van der Waals surface area (Å²) in [5, 5.41) is 6.89. The van der Waals surface area contributed by atoms with Crippen LogP contribution in [0.25, 0.3) is 6.08 Å². The van der Waals surface area contributed by atoms with Gasteiger partial charge in [-0.05, 0) is 48.9 Å². The van der Waals surface area contributed by atoms with Crippen LogP contribution in [0.15, 0.2) is 39.7 Å². The van der Waals surface area contributed by atoms with Crippen LogP contribution in [0.1, 0.15) is 11.1 Å². The smallest absolute Gasteiger partial charge is 0.260 e. The third-order valence-corrected chi connectivity index (χ3v) is 5.78. The predicted octanol–water partition coefficient (Wildman–Crippen LogP) is 5.03. The Kier molecular flexibility index (Phi) is 7.01. The van der Waals surface area contributed by atoms with Crippen LogP contribution in [-0.4, -0.2) is 25.1 Å². The molecule has 1 unspecified atom stereocenters. The van der Waals surface area contributed by atoms with Gasteiger partial charge < -0.3 is 20.1 Å². The number of hydrogen-bond acceptors (Lipinski definition) is 5. The summed E-state index contributed by atoms with van der Waals surface area (Å²) >= 11 is 10.8. The number of terminal acetylenes is 1. The second-order valence-electron chi connectivity index (χ2n) is 6.10. The topological polar surface area (TPSA) is 59.6 Å². The van der Waals surface area contributed by atoms with Gasteiger partial charge in [-0.3, -0.25) is 4.79 Å². The predicted molar refractivity (Wildman–Crippen MR) is 122 cm³/mol. The van der Waals surface area contributed by atoms with Gasteiger partial charge >= 0.3 is 0 Å². The normalized spacial score (nSPS) is 17.0. The number of ether oxygens (including phenoxy) is 2. The van der Waals surface area contributed by atoms with Crippen molar-refractivity contribution in [2.24, 2.45) is 0 Å². The van der Waals surface area contributed by atoms with Crippen LogP contribution in [0.3, 0.4) is 0 Å². The molecular weight excluding hydrogens is 476 g/mol. The molecule has 0 saturated carbocycles. The number of amides is 1. The van der Waals surface area contributed by atoms with Crippen LogP contribution in [0, 0.1) is 19.3 Å². The van der Waals surface area contributed by atoms with E-state index in [0.29, 0.717) is 27.0 Å². The number of aryl methyl sites for hydroxylation is 1. The van der Waals surface area contributed by atoms with Gasteiger partial charge in [0.1, 0.15) is 6.61 Å². The van der Waals surface area contributed by atoms with E-state index in [9.17, 15) is 4.79 Å². The molecule has 3 rings (SSSR count). The van der Waals surface area contributed by atoms with Crippen LogP contribution < -0.4 is 20.1 Å². The number of anilines is 1. The minimum atomic E-state index is -0.308. The van der Waals surface area contributed by atoms with Crippen molar-refractivity contribution in [3.05, 3.63) is 55.9 Å². The number of rotatable bonds is 6. The molecule has 1 saturated heterocycles. The Morgan fingerprint density at radius 1 is 1.41 bits per heavy atom. The molecule has 2 aromatic rings. The first-order valence-corrected chi connectivity index (χ1v) is 10.6. The molecule has 150 valence electrons. The van der Waals surface area contributed by atoms with Gasteiger partial charge in [-0.25, -0.2) is 0 Å². The molecule has 1 aliphatic heterocycles. The van der Waals surface area contributed by atoms with E-state index >= 15 is 0 Å². The number of carbonyl (C=O) groups is 1. The first-order chi connectivity index (χ1) is 13.9. The van der Waals surface area contributed by atoms with Crippen molar-refractivity contribution in [1.82, 2.24) is 5.32 Å². The van der Waals surface area contributed by atoms with E-state index in [2.05, 4.69) is 32.5 Å². The van der Waals surface area contributed by atoms with Gasteiger partial charge in [-0.15, -0.1) is 6.42 Å². The van der Waals surface area contributed by atoms with Crippen LogP contribution in [0.5, 0.6) is 11.5 Å². The highest BCUT2D eigenvalue weighted by molar-refractivity contribution is 9.10. The molecule has 0 radical (unpaired) electrons. The van der Waals surface area contributed by atoms with Gasteiger partial charge in [-0.2, -0.15) is 0 Å². The number of methoxy groups -OCH3 is 1. The number of thioether (sulfide) groups is 1. The molecule has 1 heterocycles. The second-order valence-corrected chi connectivity index (χ2v) is 8.60. The largest absolute Gasteiger partial charge is 0.493 e. The van der Waals surface area contributed by atoms with Crippen molar-refractivity contribution in [3.63, 3.8) is 0 Å². The molecule has 1 aliphatic rings. The maximum Gasteiger partial charge on any atom is 0.260 e. The van der Waals surface area contributed by atoms with Crippen LogP contribution in [0.4, 0.5) is 5.69 Å². The van der Waals surface area contributed by atoms with Crippen LogP contribution in [0.2, 0.25) is 5.02 Å². The molecule has 0 spiro atoms. The van der Waals surface area contributed by atoms with Crippen LogP contribution >= 0.6 is 39.3 Å². The SMILES string of the molecule is C#CCOc1c(/C=C2\SC(Nc3ccc(Cl)cc3C)NC2=O)cc(Br)cc1OC. The van der Waals surface area contributed by atoms with E-state index in [1.54, 1.807) is 25.3 Å². The lowest BCUT2D eigenvalue weighted by atomic mass is 10.1. The average Bonchev–Trinajstić information content (AvgIpc) is 3.01. The zero-order valence-electron chi connectivity index (χ0n) is 15.7. The summed E-state index contributed by atoms with van der Waals surface area (Å²) in [4.78, 5) is 13.0. The summed E-state index contributed by atoms with van der Waals surface area (Å²) in [6, 6.07) is 9.18. The Bertz CT molecular complexity index is 1020. The summed E-state index contributed by atoms with van der Waals surface area (Å²) in [5.74, 6) is 3.27. The molecule has 1 amide bonds. The zero-order chi connectivity index (χ0) is 21.0. The molecule has 0 bridgehead atoms. The Labute approximate surface area is 187 Å². The summed E-state index contributed by atoms with van der Waals surface area (Å²) in [6.45, 7) is 2.04. The highest BCUT2D eigenvalue weighted by Gasteiger charge is 2.28. The number of nitrogens with one attached hydrogen (secondary N) is 2. The summed E-state index contributed by atoms with van der Waals surface area (Å²) in [7, 11) is 1.55. The molecule has 2 aromatic carbocycles. The molecule has 1 fully saturated rings. The van der Waals surface area contributed by atoms with Crippen molar-refractivity contribution in [2.75, 3.05) is 19.0 Å². The highest BCUT2D eigenvalue weighted by Crippen LogP contribution is 2.39. The fourth-order valence-corrected chi connectivity index (χ4v) is 4.40.